The first kappa shape index (κ1) is 11.4. The normalized spacial score (nSPS) is 13.3. The number of phenols is 1. The molecule has 0 amide bonds. The summed E-state index contributed by atoms with van der Waals surface area (Å²) in [5.41, 5.74) is 0.543. The van der Waals surface area contributed by atoms with Gasteiger partial charge in [-0.3, -0.25) is 5.10 Å². The third-order valence-electron chi connectivity index (χ3n) is 2.75. The van der Waals surface area contributed by atoms with Gasteiger partial charge in [0.2, 0.25) is 0 Å². The Morgan fingerprint density at radius 1 is 1.32 bits per heavy atom. The van der Waals surface area contributed by atoms with E-state index in [9.17, 15) is 9.90 Å². The summed E-state index contributed by atoms with van der Waals surface area (Å²) in [5.74, 6) is -0.304. The van der Waals surface area contributed by atoms with Crippen molar-refractivity contribution in [3.05, 3.63) is 23.9 Å². The second-order valence-electron chi connectivity index (χ2n) is 3.96. The highest BCUT2D eigenvalue weighted by Crippen LogP contribution is 2.44. The van der Waals surface area contributed by atoms with E-state index < -0.39 is 5.97 Å². The van der Waals surface area contributed by atoms with Gasteiger partial charge in [0.05, 0.1) is 5.56 Å². The lowest BCUT2D eigenvalue weighted by atomic mass is 10.1. The first-order valence-electron chi connectivity index (χ1n) is 5.57. The number of ether oxygens (including phenoxy) is 2. The van der Waals surface area contributed by atoms with Crippen LogP contribution in [0.3, 0.4) is 0 Å². The molecule has 0 atom stereocenters. The molecule has 19 heavy (non-hydrogen) atoms. The Bertz CT molecular complexity index is 650. The number of aromatic hydroxyl groups is 1. The number of H-pyrrole nitrogens is 1. The molecular weight excluding hydrogens is 252 g/mol. The van der Waals surface area contributed by atoms with Crippen LogP contribution in [0, 0.1) is 0 Å². The number of aromatic carboxylic acids is 1. The van der Waals surface area contributed by atoms with Gasteiger partial charge in [-0.2, -0.15) is 5.10 Å². The Kier molecular flexibility index (Phi) is 2.52. The highest BCUT2D eigenvalue weighted by molar-refractivity contribution is 5.88. The molecule has 0 unspecified atom stereocenters. The van der Waals surface area contributed by atoms with Crippen LogP contribution in [0.15, 0.2) is 18.2 Å². The standard InChI is InChI=1S/C12H10N2O5/c15-8-1-2-9-11(19-4-3-18-9)10(8)6-5-7(12(16)17)14-13-6/h1-2,5,15H,3-4H2,(H,13,14)(H,16,17). The lowest BCUT2D eigenvalue weighted by molar-refractivity contribution is 0.0690. The van der Waals surface area contributed by atoms with E-state index in [0.29, 0.717) is 30.3 Å². The first-order valence-corrected chi connectivity index (χ1v) is 5.57. The summed E-state index contributed by atoms with van der Waals surface area (Å²) >= 11 is 0. The van der Waals surface area contributed by atoms with Crippen molar-refractivity contribution in [1.29, 1.82) is 0 Å². The molecule has 0 spiro atoms. The number of aromatic amines is 1. The van der Waals surface area contributed by atoms with Crippen LogP contribution in [0.25, 0.3) is 11.3 Å². The number of nitrogens with zero attached hydrogens (tertiary/aromatic N) is 1. The van der Waals surface area contributed by atoms with Crippen molar-refractivity contribution in [3.63, 3.8) is 0 Å². The molecule has 0 aliphatic carbocycles. The largest absolute Gasteiger partial charge is 0.507 e. The second-order valence-corrected chi connectivity index (χ2v) is 3.96. The quantitative estimate of drug-likeness (QED) is 0.752. The number of benzene rings is 1. The SMILES string of the molecule is O=C(O)c1cc(-c2c(O)ccc3c2OCCO3)n[nH]1. The van der Waals surface area contributed by atoms with E-state index in [-0.39, 0.29) is 17.1 Å². The fourth-order valence-corrected chi connectivity index (χ4v) is 1.91. The molecule has 1 aliphatic heterocycles. The number of carboxylic acid groups (broad SMARTS) is 1. The smallest absolute Gasteiger partial charge is 0.353 e. The van der Waals surface area contributed by atoms with Crippen LogP contribution < -0.4 is 9.47 Å². The molecule has 3 rings (SSSR count). The fraction of sp³-hybridized carbons (Fsp3) is 0.167. The molecule has 7 heteroatoms. The van der Waals surface area contributed by atoms with Crippen LogP contribution in [0.5, 0.6) is 17.2 Å². The highest BCUT2D eigenvalue weighted by atomic mass is 16.6. The van der Waals surface area contributed by atoms with Crippen molar-refractivity contribution in [1.82, 2.24) is 10.2 Å². The van der Waals surface area contributed by atoms with E-state index in [1.807, 2.05) is 0 Å². The molecule has 7 nitrogen and oxygen atoms in total. The van der Waals surface area contributed by atoms with Gasteiger partial charge in [-0.25, -0.2) is 4.79 Å². The van der Waals surface area contributed by atoms with Gasteiger partial charge in [0, 0.05) is 0 Å². The van der Waals surface area contributed by atoms with Gasteiger partial charge < -0.3 is 19.7 Å². The van der Waals surface area contributed by atoms with E-state index in [0.717, 1.165) is 0 Å². The molecule has 1 aromatic carbocycles. The zero-order valence-corrected chi connectivity index (χ0v) is 9.71. The minimum absolute atomic E-state index is 0.0484. The number of nitrogens with one attached hydrogen (secondary N) is 1. The molecule has 0 radical (unpaired) electrons. The summed E-state index contributed by atoms with van der Waals surface area (Å²) in [6.45, 7) is 0.790. The Morgan fingerprint density at radius 2 is 2.11 bits per heavy atom. The molecule has 98 valence electrons. The Balaban J connectivity index is 2.15. The molecule has 2 aromatic rings. The number of carboxylic acids is 1. The van der Waals surface area contributed by atoms with Crippen LogP contribution in [-0.4, -0.2) is 39.6 Å². The molecule has 0 bridgehead atoms. The van der Waals surface area contributed by atoms with Gasteiger partial charge in [-0.05, 0) is 18.2 Å². The van der Waals surface area contributed by atoms with E-state index in [4.69, 9.17) is 14.6 Å². The third kappa shape index (κ3) is 1.85. The predicted octanol–water partition coefficient (Wildman–Crippen LogP) is 1.25. The third-order valence-corrected chi connectivity index (χ3v) is 2.75. The van der Waals surface area contributed by atoms with Gasteiger partial charge in [-0.1, -0.05) is 0 Å². The summed E-state index contributed by atoms with van der Waals surface area (Å²) in [6, 6.07) is 4.38. The Labute approximate surface area is 107 Å². The lowest BCUT2D eigenvalue weighted by Crippen LogP contribution is -2.15. The monoisotopic (exact) mass is 262 g/mol. The summed E-state index contributed by atoms with van der Waals surface area (Å²) < 4.78 is 10.9. The number of hydrogen-bond donors (Lipinski definition) is 3. The van der Waals surface area contributed by atoms with E-state index in [1.165, 1.54) is 12.1 Å². The van der Waals surface area contributed by atoms with Crippen molar-refractivity contribution in [2.24, 2.45) is 0 Å². The van der Waals surface area contributed by atoms with E-state index in [2.05, 4.69) is 10.2 Å². The molecule has 1 aromatic heterocycles. The number of fused-ring (bicyclic) bond motifs is 1. The van der Waals surface area contributed by atoms with Crippen LogP contribution >= 0.6 is 0 Å². The number of phenolic OH excluding ortho intramolecular Hbond substituents is 1. The lowest BCUT2D eigenvalue weighted by Gasteiger charge is -2.20. The first-order chi connectivity index (χ1) is 9.16. The fourth-order valence-electron chi connectivity index (χ4n) is 1.91. The van der Waals surface area contributed by atoms with Gasteiger partial charge in [0.1, 0.15) is 30.4 Å². The number of hydrogen-bond acceptors (Lipinski definition) is 5. The van der Waals surface area contributed by atoms with Crippen molar-refractivity contribution in [2.75, 3.05) is 13.2 Å². The minimum Gasteiger partial charge on any atom is -0.507 e. The van der Waals surface area contributed by atoms with Crippen LogP contribution in [0.1, 0.15) is 10.5 Å². The zero-order chi connectivity index (χ0) is 13.4. The summed E-state index contributed by atoms with van der Waals surface area (Å²) in [5, 5.41) is 25.0. The van der Waals surface area contributed by atoms with Crippen molar-refractivity contribution in [2.45, 2.75) is 0 Å². The molecule has 0 saturated carbocycles. The average Bonchev–Trinajstić information content (AvgIpc) is 2.88. The molecule has 1 aliphatic rings. The van der Waals surface area contributed by atoms with Gasteiger partial charge in [0.15, 0.2) is 11.5 Å². The Morgan fingerprint density at radius 3 is 2.84 bits per heavy atom. The summed E-state index contributed by atoms with van der Waals surface area (Å²) in [6.07, 6.45) is 0. The Hall–Kier alpha value is -2.70. The maximum absolute atomic E-state index is 10.8. The number of aromatic nitrogens is 2. The van der Waals surface area contributed by atoms with E-state index in [1.54, 1.807) is 6.07 Å². The highest BCUT2D eigenvalue weighted by Gasteiger charge is 2.23. The minimum atomic E-state index is -1.12. The molecule has 3 N–H and O–H groups in total. The summed E-state index contributed by atoms with van der Waals surface area (Å²) in [4.78, 5) is 10.8. The molecular formula is C12H10N2O5. The summed E-state index contributed by atoms with van der Waals surface area (Å²) in [7, 11) is 0. The van der Waals surface area contributed by atoms with Crippen LogP contribution in [0.2, 0.25) is 0 Å². The number of carbonyl (C=O) groups is 1. The maximum atomic E-state index is 10.8. The van der Waals surface area contributed by atoms with Gasteiger partial charge in [-0.15, -0.1) is 0 Å². The predicted molar refractivity (Wildman–Crippen MR) is 63.6 cm³/mol. The van der Waals surface area contributed by atoms with Gasteiger partial charge in [0.25, 0.3) is 0 Å². The maximum Gasteiger partial charge on any atom is 0.353 e. The zero-order valence-electron chi connectivity index (χ0n) is 9.71. The molecule has 0 fully saturated rings. The molecule has 2 heterocycles. The average molecular weight is 262 g/mol. The van der Waals surface area contributed by atoms with Crippen LogP contribution in [-0.2, 0) is 0 Å². The van der Waals surface area contributed by atoms with Crippen molar-refractivity contribution < 1.29 is 24.5 Å². The molecule has 0 saturated heterocycles. The van der Waals surface area contributed by atoms with E-state index >= 15 is 0 Å². The number of rotatable bonds is 2. The van der Waals surface area contributed by atoms with Crippen molar-refractivity contribution >= 4 is 5.97 Å². The van der Waals surface area contributed by atoms with Crippen LogP contribution in [0.4, 0.5) is 0 Å². The van der Waals surface area contributed by atoms with Gasteiger partial charge >= 0.3 is 5.97 Å². The topological polar surface area (TPSA) is 105 Å². The second kappa shape index (κ2) is 4.20. The van der Waals surface area contributed by atoms with Crippen molar-refractivity contribution in [3.8, 4) is 28.5 Å².